The largest absolute Gasteiger partial charge is 0.399 e. The van der Waals surface area contributed by atoms with Crippen molar-refractivity contribution in [1.29, 1.82) is 0 Å². The fourth-order valence-corrected chi connectivity index (χ4v) is 1.78. The lowest BCUT2D eigenvalue weighted by atomic mass is 10.0. The monoisotopic (exact) mass is 249 g/mol. The topological polar surface area (TPSA) is 66.5 Å². The molecule has 1 aromatic carbocycles. The average Bonchev–Trinajstić information content (AvgIpc) is 2.17. The van der Waals surface area contributed by atoms with Crippen LogP contribution in [0.15, 0.2) is 18.2 Å². The van der Waals surface area contributed by atoms with Crippen molar-refractivity contribution in [3.63, 3.8) is 0 Å². The maximum atomic E-state index is 9.76. The summed E-state index contributed by atoms with van der Waals surface area (Å²) in [7, 11) is 0. The number of hydrogen-bond acceptors (Lipinski definition) is 3. The molecule has 0 bridgehead atoms. The summed E-state index contributed by atoms with van der Waals surface area (Å²) < 4.78 is 0. The smallest absolute Gasteiger partial charge is 0.106 e. The van der Waals surface area contributed by atoms with Gasteiger partial charge in [0.2, 0.25) is 0 Å². The van der Waals surface area contributed by atoms with E-state index in [1.165, 1.54) is 6.07 Å². The summed E-state index contributed by atoms with van der Waals surface area (Å²) in [6.07, 6.45) is -1.64. The number of halogens is 2. The Labute approximate surface area is 98.4 Å². The molecule has 0 heterocycles. The molecule has 4 N–H and O–H groups in total. The molecule has 0 aliphatic rings. The van der Waals surface area contributed by atoms with Crippen molar-refractivity contribution in [2.24, 2.45) is 0 Å². The summed E-state index contributed by atoms with van der Waals surface area (Å²) in [6, 6.07) is 4.76. The number of nitrogens with two attached hydrogens (primary N) is 1. The van der Waals surface area contributed by atoms with E-state index in [2.05, 4.69) is 0 Å². The van der Waals surface area contributed by atoms with E-state index in [-0.39, 0.29) is 5.88 Å². The normalized spacial score (nSPS) is 14.9. The van der Waals surface area contributed by atoms with Crippen molar-refractivity contribution in [2.75, 3.05) is 11.6 Å². The van der Waals surface area contributed by atoms with Crippen molar-refractivity contribution < 1.29 is 10.2 Å². The van der Waals surface area contributed by atoms with E-state index < -0.39 is 12.2 Å². The predicted octanol–water partition coefficient (Wildman–Crippen LogP) is 1.95. The van der Waals surface area contributed by atoms with Gasteiger partial charge in [-0.3, -0.25) is 0 Å². The molecule has 2 unspecified atom stereocenters. The third kappa shape index (κ3) is 3.24. The zero-order valence-corrected chi connectivity index (χ0v) is 9.54. The van der Waals surface area contributed by atoms with Crippen LogP contribution in [0.25, 0.3) is 0 Å². The van der Waals surface area contributed by atoms with Crippen molar-refractivity contribution in [3.8, 4) is 0 Å². The third-order valence-corrected chi connectivity index (χ3v) is 2.66. The van der Waals surface area contributed by atoms with Gasteiger partial charge in [-0.15, -0.1) is 11.6 Å². The van der Waals surface area contributed by atoms with E-state index in [1.807, 2.05) is 0 Å². The highest BCUT2D eigenvalue weighted by atomic mass is 35.5. The van der Waals surface area contributed by atoms with Crippen molar-refractivity contribution in [3.05, 3.63) is 28.8 Å². The maximum absolute atomic E-state index is 9.76. The van der Waals surface area contributed by atoms with Crippen molar-refractivity contribution in [2.45, 2.75) is 18.6 Å². The third-order valence-electron chi connectivity index (χ3n) is 2.11. The fourth-order valence-electron chi connectivity index (χ4n) is 1.26. The van der Waals surface area contributed by atoms with Crippen LogP contribution in [0.2, 0.25) is 5.02 Å². The molecule has 0 aliphatic heterocycles. The van der Waals surface area contributed by atoms with Crippen LogP contribution in [0, 0.1) is 0 Å². The van der Waals surface area contributed by atoms with E-state index >= 15 is 0 Å². The Balaban J connectivity index is 2.86. The molecule has 0 fully saturated rings. The number of benzene rings is 1. The number of hydrogen-bond donors (Lipinski definition) is 3. The minimum atomic E-state index is -1.03. The minimum absolute atomic E-state index is 0.283. The first-order valence-electron chi connectivity index (χ1n) is 4.53. The van der Waals surface area contributed by atoms with Gasteiger partial charge < -0.3 is 15.9 Å². The second-order valence-corrected chi connectivity index (χ2v) is 4.06. The Hall–Kier alpha value is -0.480. The Kier molecular flexibility index (Phi) is 4.67. The lowest BCUT2D eigenvalue weighted by molar-refractivity contribution is 0.0170. The van der Waals surface area contributed by atoms with Gasteiger partial charge in [-0.05, 0) is 18.6 Å². The average molecular weight is 250 g/mol. The van der Waals surface area contributed by atoms with Gasteiger partial charge in [-0.2, -0.15) is 0 Å². The van der Waals surface area contributed by atoms with Gasteiger partial charge >= 0.3 is 0 Å². The summed E-state index contributed by atoms with van der Waals surface area (Å²) in [6.45, 7) is 0. The van der Waals surface area contributed by atoms with Crippen molar-refractivity contribution in [1.82, 2.24) is 0 Å². The number of anilines is 1. The summed E-state index contributed by atoms with van der Waals surface area (Å²) in [5, 5.41) is 19.6. The Morgan fingerprint density at radius 3 is 2.53 bits per heavy atom. The van der Waals surface area contributed by atoms with Gasteiger partial charge in [0.25, 0.3) is 0 Å². The van der Waals surface area contributed by atoms with Gasteiger partial charge in [0.15, 0.2) is 0 Å². The SMILES string of the molecule is Nc1ccc(C(O)C(O)CCCl)c(Cl)c1. The fraction of sp³-hybridized carbons (Fsp3) is 0.400. The molecule has 0 spiro atoms. The van der Waals surface area contributed by atoms with Gasteiger partial charge in [-0.25, -0.2) is 0 Å². The van der Waals surface area contributed by atoms with Gasteiger partial charge in [0, 0.05) is 22.2 Å². The van der Waals surface area contributed by atoms with E-state index in [4.69, 9.17) is 28.9 Å². The standard InChI is InChI=1S/C10H13Cl2NO2/c11-4-3-9(14)10(15)7-2-1-6(13)5-8(7)12/h1-2,5,9-10,14-15H,3-4,13H2. The summed E-state index contributed by atoms with van der Waals surface area (Å²) in [5.74, 6) is 0.283. The predicted molar refractivity (Wildman–Crippen MR) is 62.2 cm³/mol. The van der Waals surface area contributed by atoms with Crippen LogP contribution in [-0.4, -0.2) is 22.2 Å². The number of aliphatic hydroxyl groups is 2. The quantitative estimate of drug-likeness (QED) is 0.565. The lowest BCUT2D eigenvalue weighted by Crippen LogP contribution is -2.19. The molecule has 0 aliphatic carbocycles. The van der Waals surface area contributed by atoms with Crippen LogP contribution >= 0.6 is 23.2 Å². The molecule has 1 rings (SSSR count). The zero-order valence-electron chi connectivity index (χ0n) is 8.03. The molecule has 0 amide bonds. The second kappa shape index (κ2) is 5.56. The highest BCUT2D eigenvalue weighted by Gasteiger charge is 2.20. The lowest BCUT2D eigenvalue weighted by Gasteiger charge is -2.18. The van der Waals surface area contributed by atoms with Crippen LogP contribution in [-0.2, 0) is 0 Å². The Morgan fingerprint density at radius 2 is 2.00 bits per heavy atom. The summed E-state index contributed by atoms with van der Waals surface area (Å²) in [5.41, 5.74) is 6.49. The molecule has 15 heavy (non-hydrogen) atoms. The first-order chi connectivity index (χ1) is 7.06. The maximum Gasteiger partial charge on any atom is 0.106 e. The number of alkyl halides is 1. The van der Waals surface area contributed by atoms with Crippen LogP contribution < -0.4 is 5.73 Å². The van der Waals surface area contributed by atoms with Gasteiger partial charge in [0.05, 0.1) is 6.10 Å². The molecular weight excluding hydrogens is 237 g/mol. The van der Waals surface area contributed by atoms with Crippen LogP contribution in [0.5, 0.6) is 0 Å². The summed E-state index contributed by atoms with van der Waals surface area (Å²) >= 11 is 11.4. The number of nitrogen functional groups attached to an aromatic ring is 1. The van der Waals surface area contributed by atoms with Gasteiger partial charge in [-0.1, -0.05) is 17.7 Å². The summed E-state index contributed by atoms with van der Waals surface area (Å²) in [4.78, 5) is 0. The molecule has 3 nitrogen and oxygen atoms in total. The first kappa shape index (κ1) is 12.6. The Morgan fingerprint density at radius 1 is 1.33 bits per heavy atom. The molecule has 84 valence electrons. The molecule has 0 saturated carbocycles. The van der Waals surface area contributed by atoms with E-state index in [0.29, 0.717) is 22.7 Å². The van der Waals surface area contributed by atoms with E-state index in [9.17, 15) is 10.2 Å². The Bertz CT molecular complexity index is 333. The van der Waals surface area contributed by atoms with Crippen LogP contribution in [0.4, 0.5) is 5.69 Å². The van der Waals surface area contributed by atoms with E-state index in [1.54, 1.807) is 12.1 Å². The molecule has 2 atom stereocenters. The molecule has 0 radical (unpaired) electrons. The molecular formula is C10H13Cl2NO2. The molecule has 1 aromatic rings. The number of aliphatic hydroxyl groups excluding tert-OH is 2. The highest BCUT2D eigenvalue weighted by Crippen LogP contribution is 2.28. The molecule has 0 saturated heterocycles. The highest BCUT2D eigenvalue weighted by molar-refractivity contribution is 6.31. The van der Waals surface area contributed by atoms with Crippen molar-refractivity contribution >= 4 is 28.9 Å². The molecule has 5 heteroatoms. The molecule has 0 aromatic heterocycles. The second-order valence-electron chi connectivity index (χ2n) is 3.27. The minimum Gasteiger partial charge on any atom is -0.399 e. The first-order valence-corrected chi connectivity index (χ1v) is 5.44. The number of rotatable bonds is 4. The van der Waals surface area contributed by atoms with Crippen LogP contribution in [0.1, 0.15) is 18.1 Å². The van der Waals surface area contributed by atoms with Crippen LogP contribution in [0.3, 0.4) is 0 Å². The zero-order chi connectivity index (χ0) is 11.4. The van der Waals surface area contributed by atoms with E-state index in [0.717, 1.165) is 0 Å². The van der Waals surface area contributed by atoms with Gasteiger partial charge in [0.1, 0.15) is 6.10 Å².